The summed E-state index contributed by atoms with van der Waals surface area (Å²) in [6, 6.07) is 4.09. The molecule has 0 aliphatic carbocycles. The maximum absolute atomic E-state index is 12.4. The molecule has 2 N–H and O–H groups in total. The number of anilines is 1. The highest BCUT2D eigenvalue weighted by Gasteiger charge is 2.43. The van der Waals surface area contributed by atoms with Gasteiger partial charge in [-0.05, 0) is 12.1 Å². The van der Waals surface area contributed by atoms with E-state index in [0.29, 0.717) is 5.69 Å². The highest BCUT2D eigenvalue weighted by atomic mass is 19.3. The third kappa shape index (κ3) is 1.03. The third-order valence-electron chi connectivity index (χ3n) is 1.43. The second kappa shape index (κ2) is 2.00. The largest absolute Gasteiger partial charge is 0.586 e. The lowest BCUT2D eigenvalue weighted by molar-refractivity contribution is -0.286. The Kier molecular flexibility index (Phi) is 1.19. The molecular formula is C7H7F2NO2. The molecule has 0 spiro atoms. The average molecular weight is 175 g/mol. The molecule has 0 fully saturated rings. The second-order valence-corrected chi connectivity index (χ2v) is 2.37. The Morgan fingerprint density at radius 3 is 2.67 bits per heavy atom. The van der Waals surface area contributed by atoms with Crippen LogP contribution in [0.1, 0.15) is 1.43 Å². The van der Waals surface area contributed by atoms with Crippen molar-refractivity contribution >= 4 is 5.69 Å². The highest BCUT2D eigenvalue weighted by molar-refractivity contribution is 5.53. The van der Waals surface area contributed by atoms with Gasteiger partial charge in [-0.15, -0.1) is 8.78 Å². The number of rotatable bonds is 0. The van der Waals surface area contributed by atoms with Gasteiger partial charge in [0.05, 0.1) is 0 Å². The molecule has 1 aromatic rings. The summed E-state index contributed by atoms with van der Waals surface area (Å²) in [5.41, 5.74) is 5.70. The van der Waals surface area contributed by atoms with E-state index in [2.05, 4.69) is 9.47 Å². The molecular weight excluding hydrogens is 168 g/mol. The molecule has 0 unspecified atom stereocenters. The van der Waals surface area contributed by atoms with Gasteiger partial charge in [-0.1, -0.05) is 0 Å². The number of fused-ring (bicyclic) bond motifs is 1. The van der Waals surface area contributed by atoms with Gasteiger partial charge >= 0.3 is 6.29 Å². The first-order chi connectivity index (χ1) is 5.57. The lowest BCUT2D eigenvalue weighted by Crippen LogP contribution is -2.25. The molecule has 12 heavy (non-hydrogen) atoms. The maximum Gasteiger partial charge on any atom is 0.586 e. The molecule has 0 atom stereocenters. The number of alkyl halides is 2. The van der Waals surface area contributed by atoms with Crippen molar-refractivity contribution in [2.45, 2.75) is 6.29 Å². The zero-order valence-corrected chi connectivity index (χ0v) is 5.88. The Hall–Kier alpha value is -1.52. The quantitative estimate of drug-likeness (QED) is 0.612. The first kappa shape index (κ1) is 7.15. The summed E-state index contributed by atoms with van der Waals surface area (Å²) >= 11 is 0. The minimum Gasteiger partial charge on any atom is -0.399 e. The Morgan fingerprint density at radius 1 is 1.25 bits per heavy atom. The molecule has 5 heteroatoms. The molecule has 0 saturated heterocycles. The number of hydrogen-bond acceptors (Lipinski definition) is 3. The molecule has 1 heterocycles. The molecule has 2 rings (SSSR count). The minimum atomic E-state index is -3.56. The van der Waals surface area contributed by atoms with Crippen molar-refractivity contribution in [3.8, 4) is 11.5 Å². The summed E-state index contributed by atoms with van der Waals surface area (Å²) < 4.78 is 33.0. The molecule has 0 aromatic heterocycles. The van der Waals surface area contributed by atoms with Crippen LogP contribution in [0, 0.1) is 0 Å². The average Bonchev–Trinajstić information content (AvgIpc) is 2.21. The molecule has 1 aromatic carbocycles. The summed E-state index contributed by atoms with van der Waals surface area (Å²) in [5, 5.41) is 0. The van der Waals surface area contributed by atoms with E-state index in [0.717, 1.165) is 0 Å². The normalized spacial score (nSPS) is 17.8. The highest BCUT2D eigenvalue weighted by Crippen LogP contribution is 2.41. The number of nitrogens with two attached hydrogens (primary N) is 1. The zero-order chi connectivity index (χ0) is 8.77. The Balaban J connectivity index is 0.000000845. The molecule has 1 aliphatic rings. The topological polar surface area (TPSA) is 44.5 Å². The van der Waals surface area contributed by atoms with Crippen molar-refractivity contribution in [1.82, 2.24) is 0 Å². The van der Waals surface area contributed by atoms with Crippen LogP contribution in [0.25, 0.3) is 0 Å². The van der Waals surface area contributed by atoms with Crippen molar-refractivity contribution in [2.24, 2.45) is 0 Å². The van der Waals surface area contributed by atoms with E-state index in [4.69, 9.17) is 5.73 Å². The van der Waals surface area contributed by atoms with E-state index in [1.54, 1.807) is 0 Å². The fourth-order valence-electron chi connectivity index (χ4n) is 0.966. The fourth-order valence-corrected chi connectivity index (χ4v) is 0.966. The number of benzene rings is 1. The van der Waals surface area contributed by atoms with Gasteiger partial charge in [0.2, 0.25) is 0 Å². The van der Waals surface area contributed by atoms with Crippen LogP contribution >= 0.6 is 0 Å². The van der Waals surface area contributed by atoms with E-state index in [9.17, 15) is 8.78 Å². The van der Waals surface area contributed by atoms with Crippen LogP contribution in [0.5, 0.6) is 11.5 Å². The summed E-state index contributed by atoms with van der Waals surface area (Å²) in [7, 11) is 0. The summed E-state index contributed by atoms with van der Waals surface area (Å²) in [4.78, 5) is 0. The van der Waals surface area contributed by atoms with Crippen molar-refractivity contribution in [2.75, 3.05) is 5.73 Å². The predicted molar refractivity (Wildman–Crippen MR) is 39.2 cm³/mol. The summed E-state index contributed by atoms with van der Waals surface area (Å²) in [5.74, 6) is -0.0193. The van der Waals surface area contributed by atoms with Gasteiger partial charge in [0.15, 0.2) is 11.5 Å². The van der Waals surface area contributed by atoms with Crippen LogP contribution in [-0.2, 0) is 0 Å². The Labute approximate surface area is 68.2 Å². The van der Waals surface area contributed by atoms with E-state index in [1.807, 2.05) is 0 Å². The first-order valence-electron chi connectivity index (χ1n) is 3.22. The van der Waals surface area contributed by atoms with Crippen molar-refractivity contribution in [3.05, 3.63) is 18.2 Å². The molecule has 0 bridgehead atoms. The lowest BCUT2D eigenvalue weighted by atomic mass is 10.3. The summed E-state index contributed by atoms with van der Waals surface area (Å²) in [6.07, 6.45) is -3.56. The van der Waals surface area contributed by atoms with Crippen LogP contribution in [0.15, 0.2) is 18.2 Å². The molecule has 66 valence electrons. The van der Waals surface area contributed by atoms with Crippen LogP contribution in [0.2, 0.25) is 0 Å². The van der Waals surface area contributed by atoms with Gasteiger partial charge in [0.1, 0.15) is 0 Å². The molecule has 0 saturated carbocycles. The lowest BCUT2D eigenvalue weighted by Gasteiger charge is -2.04. The number of nitrogen functional groups attached to an aromatic ring is 1. The Morgan fingerprint density at radius 2 is 1.92 bits per heavy atom. The predicted octanol–water partition coefficient (Wildman–Crippen LogP) is 1.84. The van der Waals surface area contributed by atoms with Gasteiger partial charge in [-0.25, -0.2) is 0 Å². The van der Waals surface area contributed by atoms with Crippen molar-refractivity contribution in [1.29, 1.82) is 0 Å². The monoisotopic (exact) mass is 175 g/mol. The van der Waals surface area contributed by atoms with Crippen LogP contribution < -0.4 is 15.2 Å². The van der Waals surface area contributed by atoms with Gasteiger partial charge in [-0.2, -0.15) is 0 Å². The first-order valence-corrected chi connectivity index (χ1v) is 3.22. The van der Waals surface area contributed by atoms with Gasteiger partial charge in [-0.3, -0.25) is 0 Å². The number of ether oxygens (including phenoxy) is 2. The Bertz CT molecular complexity index is 332. The minimum absolute atomic E-state index is 0. The van der Waals surface area contributed by atoms with Gasteiger partial charge in [0.25, 0.3) is 0 Å². The van der Waals surface area contributed by atoms with Crippen LogP contribution in [0.4, 0.5) is 14.5 Å². The molecule has 3 nitrogen and oxygen atoms in total. The fraction of sp³-hybridized carbons (Fsp3) is 0.143. The SMILES string of the molecule is Nc1ccc2c(c1)OC(F)(F)O2.[HH]. The van der Waals surface area contributed by atoms with Gasteiger partial charge < -0.3 is 15.2 Å². The van der Waals surface area contributed by atoms with Crippen LogP contribution in [0.3, 0.4) is 0 Å². The standard InChI is InChI=1S/C7H5F2NO2.H2/c8-7(9)11-5-2-1-4(10)3-6(5)12-7;/h1-3H,10H2;1H. The molecule has 0 radical (unpaired) electrons. The van der Waals surface area contributed by atoms with E-state index in [-0.39, 0.29) is 12.9 Å². The van der Waals surface area contributed by atoms with E-state index < -0.39 is 6.29 Å². The third-order valence-corrected chi connectivity index (χ3v) is 1.43. The second-order valence-electron chi connectivity index (χ2n) is 2.37. The number of halogens is 2. The van der Waals surface area contributed by atoms with Gasteiger partial charge in [0, 0.05) is 13.2 Å². The molecule has 1 aliphatic heterocycles. The summed E-state index contributed by atoms with van der Waals surface area (Å²) in [6.45, 7) is 0. The maximum atomic E-state index is 12.4. The molecule has 0 amide bonds. The van der Waals surface area contributed by atoms with Crippen molar-refractivity contribution in [3.63, 3.8) is 0 Å². The smallest absolute Gasteiger partial charge is 0.399 e. The van der Waals surface area contributed by atoms with Crippen molar-refractivity contribution < 1.29 is 19.7 Å². The zero-order valence-electron chi connectivity index (χ0n) is 5.88. The van der Waals surface area contributed by atoms with E-state index in [1.165, 1.54) is 18.2 Å². The van der Waals surface area contributed by atoms with Crippen LogP contribution in [-0.4, -0.2) is 6.29 Å². The van der Waals surface area contributed by atoms with E-state index >= 15 is 0 Å². The number of hydrogen-bond donors (Lipinski definition) is 1.